The molecule has 6 heterocycles. The SMILES string of the molecule is C#Cc1c(F)ccc2cc(O)cc(C3=Cc4nc(OC[C@@]56CCCN5C[C@H](F)C6)nc(N5CC6CCC(C5)N6)c4S(=O)(=O)N3C3CC3)c12. The van der Waals surface area contributed by atoms with Gasteiger partial charge in [0.05, 0.1) is 22.5 Å². The summed E-state index contributed by atoms with van der Waals surface area (Å²) in [6.07, 6.45) is 11.9. The van der Waals surface area contributed by atoms with Crippen molar-refractivity contribution in [1.82, 2.24) is 24.5 Å². The number of aromatic hydroxyl groups is 1. The number of phenols is 1. The van der Waals surface area contributed by atoms with Crippen LogP contribution in [-0.4, -0.2) is 95.3 Å². The smallest absolute Gasteiger partial charge is 0.319 e. The molecule has 4 atom stereocenters. The number of nitrogens with one attached hydrogen (secondary N) is 1. The average Bonchev–Trinajstić information content (AvgIpc) is 3.62. The van der Waals surface area contributed by atoms with Gasteiger partial charge in [-0.1, -0.05) is 12.0 Å². The lowest BCUT2D eigenvalue weighted by molar-refractivity contribution is 0.107. The van der Waals surface area contributed by atoms with Crippen LogP contribution in [0.4, 0.5) is 14.6 Å². The fraction of sp³-hybridized carbons (Fsp3) is 0.486. The van der Waals surface area contributed by atoms with E-state index in [1.54, 1.807) is 6.08 Å². The number of sulfonamides is 1. The molecule has 2 unspecified atom stereocenters. The molecule has 1 aromatic heterocycles. The quantitative estimate of drug-likeness (QED) is 0.375. The third-order valence-electron chi connectivity index (χ3n) is 11.0. The molecule has 5 fully saturated rings. The number of nitrogens with zero attached hydrogens (tertiary/aromatic N) is 5. The Bertz CT molecular complexity index is 2040. The molecular formula is C35H36F2N6O4S. The zero-order chi connectivity index (χ0) is 32.9. The number of piperazine rings is 1. The highest BCUT2D eigenvalue weighted by Crippen LogP contribution is 2.49. The zero-order valence-corrected chi connectivity index (χ0v) is 27.1. The molecule has 4 saturated heterocycles. The number of hydrogen-bond acceptors (Lipinski definition) is 9. The van der Waals surface area contributed by atoms with Gasteiger partial charge in [0, 0.05) is 55.1 Å². The molecule has 0 spiro atoms. The number of halogens is 2. The van der Waals surface area contributed by atoms with Gasteiger partial charge in [-0.25, -0.2) is 17.2 Å². The number of aromatic nitrogens is 2. The Labute approximate surface area is 277 Å². The van der Waals surface area contributed by atoms with Crippen LogP contribution < -0.4 is 15.0 Å². The molecule has 0 amide bonds. The number of ether oxygens (including phenoxy) is 1. The number of fused-ring (bicyclic) bond motifs is 5. The van der Waals surface area contributed by atoms with E-state index in [0.717, 1.165) is 32.2 Å². The van der Waals surface area contributed by atoms with Crippen molar-refractivity contribution in [2.45, 2.75) is 79.7 Å². The van der Waals surface area contributed by atoms with Crippen LogP contribution in [0, 0.1) is 18.2 Å². The summed E-state index contributed by atoms with van der Waals surface area (Å²) in [6, 6.07) is 5.78. The molecule has 10 nitrogen and oxygen atoms in total. The second-order valence-electron chi connectivity index (χ2n) is 14.2. The van der Waals surface area contributed by atoms with E-state index in [1.807, 2.05) is 4.90 Å². The molecule has 0 radical (unpaired) electrons. The lowest BCUT2D eigenvalue weighted by Gasteiger charge is -2.38. The monoisotopic (exact) mass is 674 g/mol. The summed E-state index contributed by atoms with van der Waals surface area (Å²) in [4.78, 5) is 13.7. The summed E-state index contributed by atoms with van der Waals surface area (Å²) in [5.74, 6) is 2.00. The third-order valence-corrected chi connectivity index (χ3v) is 12.9. The van der Waals surface area contributed by atoms with Crippen molar-refractivity contribution in [1.29, 1.82) is 0 Å². The Morgan fingerprint density at radius 3 is 2.67 bits per heavy atom. The Morgan fingerprint density at radius 1 is 1.12 bits per heavy atom. The maximum absolute atomic E-state index is 15.1. The van der Waals surface area contributed by atoms with Crippen molar-refractivity contribution in [3.63, 3.8) is 0 Å². The lowest BCUT2D eigenvalue weighted by atomic mass is 9.95. The van der Waals surface area contributed by atoms with Crippen molar-refractivity contribution >= 4 is 38.4 Å². The van der Waals surface area contributed by atoms with Crippen LogP contribution in [0.5, 0.6) is 11.8 Å². The van der Waals surface area contributed by atoms with Gasteiger partial charge in [-0.2, -0.15) is 9.97 Å². The Kier molecular flexibility index (Phi) is 6.74. The highest BCUT2D eigenvalue weighted by Gasteiger charge is 2.50. The average molecular weight is 675 g/mol. The van der Waals surface area contributed by atoms with Crippen molar-refractivity contribution < 1.29 is 27.0 Å². The molecule has 9 rings (SSSR count). The van der Waals surface area contributed by atoms with Crippen LogP contribution in [0.2, 0.25) is 0 Å². The second kappa shape index (κ2) is 10.8. The van der Waals surface area contributed by atoms with Gasteiger partial charge in [-0.15, -0.1) is 6.42 Å². The van der Waals surface area contributed by atoms with Crippen molar-refractivity contribution in [3.05, 3.63) is 46.9 Å². The van der Waals surface area contributed by atoms with Gasteiger partial charge < -0.3 is 20.1 Å². The van der Waals surface area contributed by atoms with E-state index in [2.05, 4.69) is 16.1 Å². The van der Waals surface area contributed by atoms with Crippen molar-refractivity contribution in [2.75, 3.05) is 37.7 Å². The summed E-state index contributed by atoms with van der Waals surface area (Å²) in [7, 11) is -4.26. The minimum absolute atomic E-state index is 0.00459. The molecule has 48 heavy (non-hydrogen) atoms. The Balaban J connectivity index is 1.24. The first-order valence-electron chi connectivity index (χ1n) is 16.8. The molecule has 2 N–H and O–H groups in total. The number of benzene rings is 2. The van der Waals surface area contributed by atoms with Gasteiger partial charge in [0.1, 0.15) is 24.3 Å². The van der Waals surface area contributed by atoms with E-state index in [1.165, 1.54) is 28.6 Å². The van der Waals surface area contributed by atoms with Crippen LogP contribution in [0.1, 0.15) is 61.8 Å². The third kappa shape index (κ3) is 4.67. The minimum Gasteiger partial charge on any atom is -0.508 e. The number of rotatable bonds is 6. The summed E-state index contributed by atoms with van der Waals surface area (Å²) in [6.45, 7) is 2.54. The summed E-state index contributed by atoms with van der Waals surface area (Å²) in [5.41, 5.74) is 0.231. The van der Waals surface area contributed by atoms with Crippen molar-refractivity contribution in [3.8, 4) is 24.1 Å². The molecular weight excluding hydrogens is 638 g/mol. The number of phenolic OH excluding ortho intramolecular Hbond substituents is 1. The number of hydrogen-bond donors (Lipinski definition) is 2. The summed E-state index contributed by atoms with van der Waals surface area (Å²) in [5, 5.41) is 15.2. The van der Waals surface area contributed by atoms with E-state index >= 15 is 4.39 Å². The number of terminal acetylenes is 1. The fourth-order valence-electron chi connectivity index (χ4n) is 8.76. The number of alkyl halides is 1. The van der Waals surface area contributed by atoms with Gasteiger partial charge in [0.2, 0.25) is 0 Å². The van der Waals surface area contributed by atoms with Gasteiger partial charge in [-0.3, -0.25) is 9.21 Å². The minimum atomic E-state index is -4.26. The second-order valence-corrected chi connectivity index (χ2v) is 15.9. The van der Waals surface area contributed by atoms with Crippen LogP contribution >= 0.6 is 0 Å². The van der Waals surface area contributed by atoms with E-state index in [-0.39, 0.29) is 58.3 Å². The van der Waals surface area contributed by atoms with E-state index in [4.69, 9.17) is 21.1 Å². The van der Waals surface area contributed by atoms with E-state index in [0.29, 0.717) is 61.1 Å². The zero-order valence-electron chi connectivity index (χ0n) is 26.3. The van der Waals surface area contributed by atoms with Crippen LogP contribution in [0.3, 0.4) is 0 Å². The van der Waals surface area contributed by atoms with Crippen LogP contribution in [0.15, 0.2) is 29.2 Å². The normalized spacial score (nSPS) is 29.1. The first-order chi connectivity index (χ1) is 23.1. The Hall–Kier alpha value is -3.99. The maximum Gasteiger partial charge on any atom is 0.319 e. The predicted molar refractivity (Wildman–Crippen MR) is 176 cm³/mol. The topological polar surface area (TPSA) is 111 Å². The van der Waals surface area contributed by atoms with E-state index in [9.17, 15) is 17.9 Å². The van der Waals surface area contributed by atoms with Crippen LogP contribution in [-0.2, 0) is 10.0 Å². The van der Waals surface area contributed by atoms with Gasteiger partial charge in [0.25, 0.3) is 10.0 Å². The Morgan fingerprint density at radius 2 is 1.92 bits per heavy atom. The largest absolute Gasteiger partial charge is 0.508 e. The first kappa shape index (κ1) is 30.1. The highest BCUT2D eigenvalue weighted by molar-refractivity contribution is 7.89. The standard InChI is InChI=1S/C35H36F2N6O4S/c1-2-26-28(37)9-4-20-12-25(44)13-27(31(20)26)30-14-29-32(48(45,46)43(30)24-7-8-24)33(41-17-22-5-6-23(18-41)38-22)40-34(39-29)47-19-35-10-3-11-42(35)16-21(36)15-35/h1,4,9,12-14,21-24,38,44H,3,5-8,10-11,15-19H2/t21-,22?,23?,35+/m1/s1. The highest BCUT2D eigenvalue weighted by atomic mass is 32.2. The molecule has 2 aromatic carbocycles. The summed E-state index contributed by atoms with van der Waals surface area (Å²) < 4.78 is 67.2. The van der Waals surface area contributed by atoms with Gasteiger partial charge in [-0.05, 0) is 74.7 Å². The van der Waals surface area contributed by atoms with Crippen LogP contribution in [0.25, 0.3) is 22.5 Å². The van der Waals surface area contributed by atoms with Gasteiger partial charge >= 0.3 is 6.01 Å². The van der Waals surface area contributed by atoms with Crippen molar-refractivity contribution in [2.24, 2.45) is 0 Å². The fourth-order valence-corrected chi connectivity index (χ4v) is 10.7. The molecule has 3 aromatic rings. The maximum atomic E-state index is 15.1. The molecule has 1 aliphatic carbocycles. The van der Waals surface area contributed by atoms with Gasteiger partial charge in [0.15, 0.2) is 10.7 Å². The predicted octanol–water partition coefficient (Wildman–Crippen LogP) is 4.02. The van der Waals surface area contributed by atoms with E-state index < -0.39 is 27.6 Å². The molecule has 13 heteroatoms. The summed E-state index contributed by atoms with van der Waals surface area (Å²) >= 11 is 0. The first-order valence-corrected chi connectivity index (χ1v) is 18.2. The molecule has 1 saturated carbocycles. The molecule has 5 aliphatic heterocycles. The lowest BCUT2D eigenvalue weighted by Crippen LogP contribution is -2.52. The molecule has 6 aliphatic rings. The molecule has 250 valence electrons. The molecule has 2 bridgehead atoms. The number of anilines is 1.